The molecule has 2 heterocycles. The van der Waals surface area contributed by atoms with E-state index in [1.54, 1.807) is 23.0 Å². The first-order chi connectivity index (χ1) is 14.5. The van der Waals surface area contributed by atoms with Gasteiger partial charge in [-0.3, -0.25) is 9.59 Å². The Bertz CT molecular complexity index is 1100. The summed E-state index contributed by atoms with van der Waals surface area (Å²) < 4.78 is 19.7. The number of halogens is 1. The number of thiophene rings is 1. The molecular formula is C23H23FN2O3S. The maximum Gasteiger partial charge on any atom is 0.264 e. The van der Waals surface area contributed by atoms with Crippen molar-refractivity contribution in [1.82, 2.24) is 9.80 Å². The number of ether oxygens (including phenoxy) is 1. The minimum absolute atomic E-state index is 0.0452. The molecule has 0 saturated carbocycles. The van der Waals surface area contributed by atoms with Gasteiger partial charge in [-0.15, -0.1) is 11.3 Å². The fourth-order valence-electron chi connectivity index (χ4n) is 3.77. The lowest BCUT2D eigenvalue weighted by atomic mass is 10.1. The smallest absolute Gasteiger partial charge is 0.264 e. The van der Waals surface area contributed by atoms with Gasteiger partial charge >= 0.3 is 0 Å². The molecule has 1 fully saturated rings. The van der Waals surface area contributed by atoms with Crippen LogP contribution in [0.5, 0.6) is 5.75 Å². The van der Waals surface area contributed by atoms with Gasteiger partial charge in [-0.25, -0.2) is 4.39 Å². The average Bonchev–Trinajstić information content (AvgIpc) is 3.09. The summed E-state index contributed by atoms with van der Waals surface area (Å²) in [6.07, 6.45) is 0.312. The maximum absolute atomic E-state index is 13.6. The van der Waals surface area contributed by atoms with Crippen molar-refractivity contribution in [1.29, 1.82) is 0 Å². The Hall–Kier alpha value is -2.93. The number of benzene rings is 2. The SMILES string of the molecule is COc1cccc(CC(=O)N2CCN(C(=O)c3sc4ccc(F)cc4c3C)CC2)c1. The first kappa shape index (κ1) is 20.3. The third-order valence-electron chi connectivity index (χ3n) is 5.50. The highest BCUT2D eigenvalue weighted by atomic mass is 32.1. The molecule has 0 atom stereocenters. The Morgan fingerprint density at radius 1 is 1.07 bits per heavy atom. The monoisotopic (exact) mass is 426 g/mol. The zero-order chi connectivity index (χ0) is 21.3. The van der Waals surface area contributed by atoms with Crippen molar-refractivity contribution in [2.24, 2.45) is 0 Å². The highest BCUT2D eigenvalue weighted by Crippen LogP contribution is 2.32. The van der Waals surface area contributed by atoms with Gasteiger partial charge < -0.3 is 14.5 Å². The number of nitrogens with zero attached hydrogens (tertiary/aromatic N) is 2. The van der Waals surface area contributed by atoms with Crippen molar-refractivity contribution in [2.45, 2.75) is 13.3 Å². The van der Waals surface area contributed by atoms with E-state index >= 15 is 0 Å². The molecule has 0 unspecified atom stereocenters. The predicted octanol–water partition coefficient (Wildman–Crippen LogP) is 3.88. The maximum atomic E-state index is 13.6. The summed E-state index contributed by atoms with van der Waals surface area (Å²) in [4.78, 5) is 29.9. The van der Waals surface area contributed by atoms with Gasteiger partial charge in [-0.2, -0.15) is 0 Å². The van der Waals surface area contributed by atoms with E-state index in [2.05, 4.69) is 0 Å². The largest absolute Gasteiger partial charge is 0.497 e. The summed E-state index contributed by atoms with van der Waals surface area (Å²) in [6.45, 7) is 3.86. The van der Waals surface area contributed by atoms with Crippen LogP contribution in [0.15, 0.2) is 42.5 Å². The lowest BCUT2D eigenvalue weighted by molar-refractivity contribution is -0.131. The van der Waals surface area contributed by atoms with Crippen molar-refractivity contribution in [2.75, 3.05) is 33.3 Å². The Morgan fingerprint density at radius 2 is 1.80 bits per heavy atom. The van der Waals surface area contributed by atoms with E-state index in [1.165, 1.54) is 23.5 Å². The van der Waals surface area contributed by atoms with Crippen molar-refractivity contribution >= 4 is 33.2 Å². The van der Waals surface area contributed by atoms with Crippen LogP contribution in [-0.4, -0.2) is 54.9 Å². The average molecular weight is 427 g/mol. The quantitative estimate of drug-likeness (QED) is 0.636. The topological polar surface area (TPSA) is 49.9 Å². The Labute approximate surface area is 178 Å². The van der Waals surface area contributed by atoms with Crippen LogP contribution >= 0.6 is 11.3 Å². The van der Waals surface area contributed by atoms with Crippen LogP contribution in [0.2, 0.25) is 0 Å². The third-order valence-corrected chi connectivity index (χ3v) is 6.76. The van der Waals surface area contributed by atoms with Crippen molar-refractivity contribution in [3.05, 3.63) is 64.3 Å². The molecule has 7 heteroatoms. The fraction of sp³-hybridized carbons (Fsp3) is 0.304. The number of amides is 2. The molecule has 30 heavy (non-hydrogen) atoms. The molecule has 5 nitrogen and oxygen atoms in total. The van der Waals surface area contributed by atoms with E-state index in [0.717, 1.165) is 27.0 Å². The van der Waals surface area contributed by atoms with Crippen molar-refractivity contribution in [3.63, 3.8) is 0 Å². The van der Waals surface area contributed by atoms with Crippen LogP contribution in [0.25, 0.3) is 10.1 Å². The first-order valence-corrected chi connectivity index (χ1v) is 10.7. The summed E-state index contributed by atoms with van der Waals surface area (Å²) in [5, 5.41) is 0.787. The molecule has 0 spiro atoms. The van der Waals surface area contributed by atoms with Gasteiger partial charge in [0.25, 0.3) is 5.91 Å². The van der Waals surface area contributed by atoms with E-state index in [4.69, 9.17) is 4.74 Å². The molecule has 2 amide bonds. The number of fused-ring (bicyclic) bond motifs is 1. The van der Waals surface area contributed by atoms with E-state index < -0.39 is 0 Å². The molecule has 1 aromatic heterocycles. The number of hydrogen-bond acceptors (Lipinski definition) is 4. The molecule has 4 rings (SSSR count). The number of carbonyl (C=O) groups excluding carboxylic acids is 2. The molecule has 1 aliphatic heterocycles. The van der Waals surface area contributed by atoms with E-state index in [-0.39, 0.29) is 17.6 Å². The van der Waals surface area contributed by atoms with Gasteiger partial charge in [0, 0.05) is 30.9 Å². The second-order valence-corrected chi connectivity index (χ2v) is 8.45. The summed E-state index contributed by atoms with van der Waals surface area (Å²) in [5.41, 5.74) is 1.72. The Kier molecular flexibility index (Phi) is 5.72. The molecule has 0 aliphatic carbocycles. The van der Waals surface area contributed by atoms with Crippen LogP contribution in [0.3, 0.4) is 0 Å². The van der Waals surface area contributed by atoms with Crippen molar-refractivity contribution < 1.29 is 18.7 Å². The molecular weight excluding hydrogens is 403 g/mol. The summed E-state index contributed by atoms with van der Waals surface area (Å²) in [5.74, 6) is 0.428. The van der Waals surface area contributed by atoms with Gasteiger partial charge in [0.05, 0.1) is 18.4 Å². The minimum Gasteiger partial charge on any atom is -0.497 e. The molecule has 2 aromatic carbocycles. The third kappa shape index (κ3) is 4.03. The summed E-state index contributed by atoms with van der Waals surface area (Å²) in [7, 11) is 1.60. The fourth-order valence-corrected chi connectivity index (χ4v) is 4.93. The highest BCUT2D eigenvalue weighted by Gasteiger charge is 2.27. The predicted molar refractivity (Wildman–Crippen MR) is 116 cm³/mol. The summed E-state index contributed by atoms with van der Waals surface area (Å²) >= 11 is 1.40. The zero-order valence-electron chi connectivity index (χ0n) is 17.0. The molecule has 0 N–H and O–H groups in total. The van der Waals surface area contributed by atoms with Crippen LogP contribution < -0.4 is 4.74 Å². The lowest BCUT2D eigenvalue weighted by Crippen LogP contribution is -2.50. The van der Waals surface area contributed by atoms with Gasteiger partial charge in [0.2, 0.25) is 5.91 Å². The van der Waals surface area contributed by atoms with Crippen molar-refractivity contribution in [3.8, 4) is 5.75 Å². The standard InChI is InChI=1S/C23H23FN2O3S/c1-15-19-14-17(24)6-7-20(19)30-22(15)23(28)26-10-8-25(9-11-26)21(27)13-16-4-3-5-18(12-16)29-2/h3-7,12,14H,8-11,13H2,1-2H3. The van der Waals surface area contributed by atoms with E-state index in [9.17, 15) is 14.0 Å². The minimum atomic E-state index is -0.300. The van der Waals surface area contributed by atoms with E-state index in [0.29, 0.717) is 37.5 Å². The molecule has 156 valence electrons. The summed E-state index contributed by atoms with van der Waals surface area (Å²) in [6, 6.07) is 12.1. The van der Waals surface area contributed by atoms with Crippen LogP contribution in [0.4, 0.5) is 4.39 Å². The molecule has 3 aromatic rings. The number of methoxy groups -OCH3 is 1. The number of carbonyl (C=O) groups is 2. The van der Waals surface area contributed by atoms with Crippen LogP contribution in [-0.2, 0) is 11.2 Å². The van der Waals surface area contributed by atoms with Gasteiger partial charge in [-0.05, 0) is 53.8 Å². The highest BCUT2D eigenvalue weighted by molar-refractivity contribution is 7.21. The molecule has 0 radical (unpaired) electrons. The molecule has 1 saturated heterocycles. The van der Waals surface area contributed by atoms with Gasteiger partial charge in [-0.1, -0.05) is 12.1 Å². The first-order valence-electron chi connectivity index (χ1n) is 9.85. The number of hydrogen-bond donors (Lipinski definition) is 0. The van der Waals surface area contributed by atoms with Crippen LogP contribution in [0, 0.1) is 12.7 Å². The lowest BCUT2D eigenvalue weighted by Gasteiger charge is -2.34. The Morgan fingerprint density at radius 3 is 2.53 bits per heavy atom. The van der Waals surface area contributed by atoms with Crippen LogP contribution in [0.1, 0.15) is 20.8 Å². The number of aryl methyl sites for hydroxylation is 1. The van der Waals surface area contributed by atoms with Gasteiger partial charge in [0.15, 0.2) is 0 Å². The number of piperazine rings is 1. The second kappa shape index (κ2) is 8.44. The van der Waals surface area contributed by atoms with Gasteiger partial charge in [0.1, 0.15) is 11.6 Å². The zero-order valence-corrected chi connectivity index (χ0v) is 17.8. The second-order valence-electron chi connectivity index (χ2n) is 7.40. The number of rotatable bonds is 4. The normalized spacial score (nSPS) is 14.2. The van der Waals surface area contributed by atoms with E-state index in [1.807, 2.05) is 31.2 Å². The molecule has 1 aliphatic rings. The Balaban J connectivity index is 1.40. The molecule has 0 bridgehead atoms.